The third-order valence-corrected chi connectivity index (χ3v) is 7.25. The number of hydrogen-bond acceptors (Lipinski definition) is 6. The number of aromatic nitrogens is 4. The van der Waals surface area contributed by atoms with Crippen molar-refractivity contribution in [1.29, 1.82) is 0 Å². The first-order chi connectivity index (χ1) is 16.9. The standard InChI is InChI=1S/C24H23ClN6O3S/c1-30-22(34)18-10-9-14(21(33)27-16-6-2-3-7-16)11-19(18)31-23(30)28-29-24(31)35-13-20(32)26-17-8-4-5-15(25)12-17/h4-5,8-12,16H,2-3,6-7,13H2,1H3,(H,26,32)(H,27,33). The van der Waals surface area contributed by atoms with E-state index in [2.05, 4.69) is 20.8 Å². The Bertz CT molecular complexity index is 1510. The Hall–Kier alpha value is -3.37. The van der Waals surface area contributed by atoms with Gasteiger partial charge in [-0.15, -0.1) is 10.2 Å². The monoisotopic (exact) mass is 510 g/mol. The molecular formula is C24H23ClN6O3S. The number of anilines is 1. The van der Waals surface area contributed by atoms with Gasteiger partial charge < -0.3 is 10.6 Å². The second-order valence-electron chi connectivity index (χ2n) is 8.52. The lowest BCUT2D eigenvalue weighted by Gasteiger charge is -2.13. The van der Waals surface area contributed by atoms with Gasteiger partial charge >= 0.3 is 0 Å². The number of amides is 2. The molecule has 0 saturated heterocycles. The number of rotatable bonds is 6. The predicted molar refractivity (Wildman–Crippen MR) is 136 cm³/mol. The number of fused-ring (bicyclic) bond motifs is 3. The number of thioether (sulfide) groups is 1. The molecule has 0 aliphatic heterocycles. The SMILES string of the molecule is Cn1c(=O)c2ccc(C(=O)NC3CCCC3)cc2n2c(SCC(=O)Nc3cccc(Cl)c3)nnc12. The van der Waals surface area contributed by atoms with E-state index >= 15 is 0 Å². The molecular weight excluding hydrogens is 488 g/mol. The van der Waals surface area contributed by atoms with Crippen LogP contribution in [0.25, 0.3) is 16.7 Å². The Kier molecular flexibility index (Phi) is 6.48. The molecule has 0 unspecified atom stereocenters. The lowest BCUT2D eigenvalue weighted by molar-refractivity contribution is -0.113. The van der Waals surface area contributed by atoms with Crippen LogP contribution in [0.15, 0.2) is 52.4 Å². The number of aryl methyl sites for hydroxylation is 1. The number of carbonyl (C=O) groups is 2. The summed E-state index contributed by atoms with van der Waals surface area (Å²) in [7, 11) is 1.62. The third-order valence-electron chi connectivity index (χ3n) is 6.08. The van der Waals surface area contributed by atoms with Crippen LogP contribution in [0.2, 0.25) is 5.02 Å². The molecule has 1 aliphatic rings. The molecule has 180 valence electrons. The van der Waals surface area contributed by atoms with Crippen molar-refractivity contribution in [1.82, 2.24) is 24.5 Å². The Morgan fingerprint density at radius 1 is 1.14 bits per heavy atom. The highest BCUT2D eigenvalue weighted by molar-refractivity contribution is 7.99. The van der Waals surface area contributed by atoms with Crippen LogP contribution >= 0.6 is 23.4 Å². The van der Waals surface area contributed by atoms with Crippen molar-refractivity contribution < 1.29 is 9.59 Å². The molecule has 2 aromatic carbocycles. The molecule has 1 aliphatic carbocycles. The summed E-state index contributed by atoms with van der Waals surface area (Å²) in [5.41, 5.74) is 1.34. The van der Waals surface area contributed by atoms with E-state index in [1.165, 1.54) is 16.3 Å². The first-order valence-corrected chi connectivity index (χ1v) is 12.6. The fraction of sp³-hybridized carbons (Fsp3) is 0.292. The molecule has 0 spiro atoms. The van der Waals surface area contributed by atoms with Crippen LogP contribution in [-0.2, 0) is 11.8 Å². The van der Waals surface area contributed by atoms with Crippen molar-refractivity contribution in [2.75, 3.05) is 11.1 Å². The Labute approximate surface area is 209 Å². The third kappa shape index (κ3) is 4.76. The Morgan fingerprint density at radius 3 is 2.71 bits per heavy atom. The topological polar surface area (TPSA) is 110 Å². The van der Waals surface area contributed by atoms with E-state index in [1.807, 2.05) is 0 Å². The van der Waals surface area contributed by atoms with E-state index in [0.29, 0.717) is 38.1 Å². The molecule has 5 rings (SSSR count). The quantitative estimate of drug-likeness (QED) is 0.383. The van der Waals surface area contributed by atoms with Crippen molar-refractivity contribution in [2.45, 2.75) is 36.9 Å². The van der Waals surface area contributed by atoms with Crippen LogP contribution in [0.3, 0.4) is 0 Å². The molecule has 0 bridgehead atoms. The van der Waals surface area contributed by atoms with Crippen LogP contribution in [0.4, 0.5) is 5.69 Å². The fourth-order valence-corrected chi connectivity index (χ4v) is 5.26. The molecule has 1 fully saturated rings. The van der Waals surface area contributed by atoms with Gasteiger partial charge in [-0.1, -0.05) is 42.3 Å². The highest BCUT2D eigenvalue weighted by Gasteiger charge is 2.20. The average molecular weight is 511 g/mol. The van der Waals surface area contributed by atoms with Gasteiger partial charge in [-0.05, 0) is 49.2 Å². The minimum atomic E-state index is -0.238. The molecule has 11 heteroatoms. The highest BCUT2D eigenvalue weighted by Crippen LogP contribution is 2.24. The molecule has 2 amide bonds. The Balaban J connectivity index is 1.45. The van der Waals surface area contributed by atoms with Gasteiger partial charge in [0.05, 0.1) is 16.7 Å². The average Bonchev–Trinajstić information content (AvgIpc) is 3.51. The van der Waals surface area contributed by atoms with Crippen molar-refractivity contribution in [3.8, 4) is 0 Å². The number of benzene rings is 2. The maximum atomic E-state index is 12.9. The van der Waals surface area contributed by atoms with Gasteiger partial charge in [0, 0.05) is 29.4 Å². The summed E-state index contributed by atoms with van der Waals surface area (Å²) in [6, 6.07) is 12.1. The number of nitrogens with one attached hydrogen (secondary N) is 2. The number of halogens is 1. The summed E-state index contributed by atoms with van der Waals surface area (Å²) in [5.74, 6) is -0.0105. The lowest BCUT2D eigenvalue weighted by atomic mass is 10.1. The van der Waals surface area contributed by atoms with Gasteiger partial charge in [-0.25, -0.2) is 0 Å². The molecule has 4 aromatic rings. The lowest BCUT2D eigenvalue weighted by Crippen LogP contribution is -2.32. The second kappa shape index (κ2) is 9.71. The molecule has 2 heterocycles. The van der Waals surface area contributed by atoms with E-state index in [-0.39, 0.29) is 29.2 Å². The summed E-state index contributed by atoms with van der Waals surface area (Å²) >= 11 is 7.17. The summed E-state index contributed by atoms with van der Waals surface area (Å²) in [6.45, 7) is 0. The van der Waals surface area contributed by atoms with E-state index < -0.39 is 0 Å². The van der Waals surface area contributed by atoms with E-state index in [1.54, 1.807) is 53.9 Å². The zero-order chi connectivity index (χ0) is 24.5. The number of carbonyl (C=O) groups excluding carboxylic acids is 2. The molecule has 2 N–H and O–H groups in total. The van der Waals surface area contributed by atoms with E-state index in [9.17, 15) is 14.4 Å². The van der Waals surface area contributed by atoms with Crippen molar-refractivity contribution in [3.63, 3.8) is 0 Å². The van der Waals surface area contributed by atoms with Gasteiger partial charge in [0.15, 0.2) is 5.16 Å². The van der Waals surface area contributed by atoms with E-state index in [4.69, 9.17) is 11.6 Å². The van der Waals surface area contributed by atoms with Crippen LogP contribution < -0.4 is 16.2 Å². The molecule has 0 atom stereocenters. The van der Waals surface area contributed by atoms with Crippen LogP contribution in [0.5, 0.6) is 0 Å². The van der Waals surface area contributed by atoms with Crippen molar-refractivity contribution >= 4 is 57.5 Å². The molecule has 1 saturated carbocycles. The normalized spacial score (nSPS) is 14.0. The summed E-state index contributed by atoms with van der Waals surface area (Å²) in [5, 5.41) is 15.7. The predicted octanol–water partition coefficient (Wildman–Crippen LogP) is 3.64. The minimum absolute atomic E-state index is 0.0689. The summed E-state index contributed by atoms with van der Waals surface area (Å²) < 4.78 is 3.12. The zero-order valence-corrected chi connectivity index (χ0v) is 20.5. The van der Waals surface area contributed by atoms with Gasteiger partial charge in [-0.3, -0.25) is 23.4 Å². The van der Waals surface area contributed by atoms with Gasteiger partial charge in [0.1, 0.15) is 0 Å². The van der Waals surface area contributed by atoms with Gasteiger partial charge in [-0.2, -0.15) is 0 Å². The number of hydrogen-bond donors (Lipinski definition) is 2. The highest BCUT2D eigenvalue weighted by atomic mass is 35.5. The molecule has 35 heavy (non-hydrogen) atoms. The van der Waals surface area contributed by atoms with Crippen LogP contribution in [-0.4, -0.2) is 42.8 Å². The fourth-order valence-electron chi connectivity index (χ4n) is 4.33. The van der Waals surface area contributed by atoms with Crippen molar-refractivity contribution in [3.05, 3.63) is 63.4 Å². The first-order valence-electron chi connectivity index (χ1n) is 11.3. The largest absolute Gasteiger partial charge is 0.349 e. The van der Waals surface area contributed by atoms with Crippen molar-refractivity contribution in [2.24, 2.45) is 7.05 Å². The Morgan fingerprint density at radius 2 is 1.94 bits per heavy atom. The molecule has 9 nitrogen and oxygen atoms in total. The molecule has 2 aromatic heterocycles. The van der Waals surface area contributed by atoms with E-state index in [0.717, 1.165) is 25.7 Å². The van der Waals surface area contributed by atoms with Crippen LogP contribution in [0.1, 0.15) is 36.0 Å². The summed E-state index contributed by atoms with van der Waals surface area (Å²) in [6.07, 6.45) is 4.19. The molecule has 0 radical (unpaired) electrons. The summed E-state index contributed by atoms with van der Waals surface area (Å²) in [4.78, 5) is 38.3. The maximum absolute atomic E-state index is 12.9. The van der Waals surface area contributed by atoms with Crippen LogP contribution in [0, 0.1) is 0 Å². The first kappa shape index (κ1) is 23.4. The maximum Gasteiger partial charge on any atom is 0.262 e. The zero-order valence-electron chi connectivity index (χ0n) is 19.0. The van der Waals surface area contributed by atoms with Gasteiger partial charge in [0.2, 0.25) is 11.7 Å². The van der Waals surface area contributed by atoms with Gasteiger partial charge in [0.25, 0.3) is 11.5 Å². The second-order valence-corrected chi connectivity index (χ2v) is 9.90. The smallest absolute Gasteiger partial charge is 0.262 e. The minimum Gasteiger partial charge on any atom is -0.349 e. The number of nitrogens with zero attached hydrogens (tertiary/aromatic N) is 4.